The minimum atomic E-state index is -3.63. The third-order valence-corrected chi connectivity index (χ3v) is 10.1. The molecule has 0 aliphatic carbocycles. The largest absolute Gasteiger partial charge is 0.330 e. The average molecular weight is 615 g/mol. The molecule has 0 amide bonds. The van der Waals surface area contributed by atoms with E-state index in [1.807, 2.05) is 6.07 Å². The summed E-state index contributed by atoms with van der Waals surface area (Å²) in [7, 11) is -7.20. The molecule has 4 heterocycles. The van der Waals surface area contributed by atoms with Gasteiger partial charge in [-0.1, -0.05) is 43.8 Å². The lowest BCUT2D eigenvalue weighted by atomic mass is 10.3. The first-order valence-electron chi connectivity index (χ1n) is 12.8. The molecule has 0 aliphatic heterocycles. The maximum atomic E-state index is 12.8. The zero-order valence-electron chi connectivity index (χ0n) is 22.3. The third kappa shape index (κ3) is 6.05. The van der Waals surface area contributed by atoms with Crippen LogP contribution in [0.4, 0.5) is 0 Å². The first-order chi connectivity index (χ1) is 20.3. The van der Waals surface area contributed by atoms with Crippen molar-refractivity contribution in [1.82, 2.24) is 19.1 Å². The van der Waals surface area contributed by atoms with Crippen molar-refractivity contribution in [2.24, 2.45) is 5.73 Å². The average Bonchev–Trinajstić information content (AvgIpc) is 3.59. The summed E-state index contributed by atoms with van der Waals surface area (Å²) in [6.45, 7) is 1.00. The van der Waals surface area contributed by atoms with E-state index in [2.05, 4.69) is 9.97 Å². The summed E-state index contributed by atoms with van der Waals surface area (Å²) in [5.74, 6) is 0. The molecule has 0 fully saturated rings. The van der Waals surface area contributed by atoms with Crippen molar-refractivity contribution in [3.63, 3.8) is 0 Å². The first-order valence-corrected chi connectivity index (χ1v) is 15.8. The molecule has 0 saturated heterocycles. The number of nitriles is 1. The molecule has 0 atom stereocenters. The van der Waals surface area contributed by atoms with Crippen LogP contribution in [0.2, 0.25) is 0 Å². The van der Waals surface area contributed by atoms with E-state index in [0.717, 1.165) is 0 Å². The molecule has 0 unspecified atom stereocenters. The Morgan fingerprint density at radius 2 is 1.12 bits per heavy atom. The van der Waals surface area contributed by atoms with Crippen LogP contribution in [0.25, 0.3) is 22.1 Å². The van der Waals surface area contributed by atoms with Crippen LogP contribution < -0.4 is 5.73 Å². The van der Waals surface area contributed by atoms with Crippen molar-refractivity contribution < 1.29 is 16.8 Å². The lowest BCUT2D eigenvalue weighted by molar-refractivity contribution is 0.594. The number of benzene rings is 2. The quantitative estimate of drug-likeness (QED) is 0.268. The highest BCUT2D eigenvalue weighted by Gasteiger charge is 2.24. The fourth-order valence-electron chi connectivity index (χ4n) is 4.57. The Labute approximate surface area is 250 Å². The molecular weight excluding hydrogens is 585 g/mol. The summed E-state index contributed by atoms with van der Waals surface area (Å²) in [6, 6.07) is 25.5. The van der Waals surface area contributed by atoms with Crippen LogP contribution in [0, 0.1) is 11.3 Å². The first kappa shape index (κ1) is 31.1. The van der Waals surface area contributed by atoms with Crippen molar-refractivity contribution in [3.05, 3.63) is 110 Å². The van der Waals surface area contributed by atoms with Crippen molar-refractivity contribution in [1.29, 1.82) is 5.26 Å². The predicted octanol–water partition coefficient (Wildman–Crippen LogP) is 4.86. The lowest BCUT2D eigenvalue weighted by Crippen LogP contribution is -2.09. The normalized spacial score (nSPS) is 11.3. The van der Waals surface area contributed by atoms with Crippen molar-refractivity contribution in [2.75, 3.05) is 6.54 Å². The molecular formula is C31H30N6O4S2. The van der Waals surface area contributed by atoms with E-state index >= 15 is 0 Å². The van der Waals surface area contributed by atoms with Gasteiger partial charge in [-0.2, -0.15) is 5.26 Å². The van der Waals surface area contributed by atoms with Crippen LogP contribution in [0.1, 0.15) is 7.43 Å². The second-order valence-corrected chi connectivity index (χ2v) is 13.0. The standard InChI is InChI=1S/C15H15N3O2S.C15H11N3O2S.CH4/c2*16-8-10-18-11-14(13-7-4-9-17-15(13)18)21(19,20)12-5-2-1-3-6-12;/h1-7,9,11H,8,10,16H2;1-7,9,11H,10H2;1H4. The molecule has 6 rings (SSSR count). The number of aromatic nitrogens is 4. The number of nitrogens with zero attached hydrogens (tertiary/aromatic N) is 5. The minimum absolute atomic E-state index is 0. The Hall–Kier alpha value is -4.83. The summed E-state index contributed by atoms with van der Waals surface area (Å²) in [6.07, 6.45) is 6.32. The van der Waals surface area contributed by atoms with E-state index in [-0.39, 0.29) is 33.6 Å². The monoisotopic (exact) mass is 614 g/mol. The summed E-state index contributed by atoms with van der Waals surface area (Å²) >= 11 is 0. The Kier molecular flexibility index (Phi) is 9.40. The fourth-order valence-corrected chi connectivity index (χ4v) is 7.54. The van der Waals surface area contributed by atoms with Gasteiger partial charge in [-0.05, 0) is 48.5 Å². The Balaban J connectivity index is 0.000000192. The predicted molar refractivity (Wildman–Crippen MR) is 165 cm³/mol. The van der Waals surface area contributed by atoms with Crippen LogP contribution in [0.3, 0.4) is 0 Å². The second-order valence-electron chi connectivity index (χ2n) is 9.14. The highest BCUT2D eigenvalue weighted by Crippen LogP contribution is 2.30. The van der Waals surface area contributed by atoms with E-state index < -0.39 is 19.7 Å². The highest BCUT2D eigenvalue weighted by molar-refractivity contribution is 7.92. The fraction of sp³-hybridized carbons (Fsp3) is 0.129. The molecule has 0 bridgehead atoms. The van der Waals surface area contributed by atoms with Gasteiger partial charge in [0.2, 0.25) is 19.7 Å². The van der Waals surface area contributed by atoms with Crippen LogP contribution in [0.15, 0.2) is 129 Å². The molecule has 0 radical (unpaired) electrons. The maximum absolute atomic E-state index is 12.8. The van der Waals surface area contributed by atoms with Gasteiger partial charge < -0.3 is 14.9 Å². The highest BCUT2D eigenvalue weighted by atomic mass is 32.2. The number of rotatable bonds is 7. The molecule has 0 saturated carbocycles. The number of nitrogens with two attached hydrogens (primary N) is 1. The van der Waals surface area contributed by atoms with Gasteiger partial charge in [0.15, 0.2) is 0 Å². The van der Waals surface area contributed by atoms with Gasteiger partial charge in [0, 0.05) is 48.6 Å². The summed E-state index contributed by atoms with van der Waals surface area (Å²) in [5, 5.41) is 10.0. The van der Waals surface area contributed by atoms with Gasteiger partial charge in [-0.3, -0.25) is 0 Å². The molecule has 2 N–H and O–H groups in total. The van der Waals surface area contributed by atoms with Crippen LogP contribution in [-0.4, -0.2) is 42.5 Å². The third-order valence-electron chi connectivity index (χ3n) is 6.49. The minimum Gasteiger partial charge on any atom is -0.330 e. The van der Waals surface area contributed by atoms with Crippen molar-refractivity contribution in [3.8, 4) is 6.07 Å². The number of hydrogen-bond donors (Lipinski definition) is 1. The zero-order chi connectivity index (χ0) is 29.7. The van der Waals surface area contributed by atoms with E-state index in [0.29, 0.717) is 35.2 Å². The van der Waals surface area contributed by atoms with E-state index in [1.165, 1.54) is 6.20 Å². The summed E-state index contributed by atoms with van der Waals surface area (Å²) < 4.78 is 54.4. The van der Waals surface area contributed by atoms with Gasteiger partial charge >= 0.3 is 0 Å². The second kappa shape index (κ2) is 13.0. The maximum Gasteiger partial charge on any atom is 0.208 e. The summed E-state index contributed by atoms with van der Waals surface area (Å²) in [5.41, 5.74) is 6.71. The molecule has 4 aromatic heterocycles. The zero-order valence-corrected chi connectivity index (χ0v) is 23.9. The van der Waals surface area contributed by atoms with E-state index in [1.54, 1.807) is 113 Å². The molecule has 0 aliphatic rings. The van der Waals surface area contributed by atoms with Crippen LogP contribution >= 0.6 is 0 Å². The van der Waals surface area contributed by atoms with E-state index in [4.69, 9.17) is 11.0 Å². The number of hydrogen-bond acceptors (Lipinski definition) is 8. The summed E-state index contributed by atoms with van der Waals surface area (Å²) in [4.78, 5) is 9.39. The topological polar surface area (TPSA) is 154 Å². The SMILES string of the molecule is C.N#CCn1cc(S(=O)(=O)c2ccccc2)c2cccnc21.NCCn1cc(S(=O)(=O)c2ccccc2)c2cccnc21. The van der Waals surface area contributed by atoms with Crippen LogP contribution in [-0.2, 0) is 32.8 Å². The lowest BCUT2D eigenvalue weighted by Gasteiger charge is -2.02. The molecule has 12 heteroatoms. The van der Waals surface area contributed by atoms with Crippen LogP contribution in [0.5, 0.6) is 0 Å². The van der Waals surface area contributed by atoms with Gasteiger partial charge in [-0.15, -0.1) is 0 Å². The van der Waals surface area contributed by atoms with E-state index in [9.17, 15) is 16.8 Å². The number of sulfone groups is 2. The van der Waals surface area contributed by atoms with Gasteiger partial charge in [0.25, 0.3) is 0 Å². The molecule has 0 spiro atoms. The van der Waals surface area contributed by atoms with Crippen molar-refractivity contribution in [2.45, 2.75) is 40.1 Å². The molecule has 220 valence electrons. The Bertz CT molecular complexity index is 2120. The number of pyridine rings is 2. The molecule has 2 aromatic carbocycles. The van der Waals surface area contributed by atoms with Gasteiger partial charge in [0.1, 0.15) is 17.8 Å². The Morgan fingerprint density at radius 3 is 1.56 bits per heavy atom. The molecule has 43 heavy (non-hydrogen) atoms. The smallest absolute Gasteiger partial charge is 0.208 e. The molecule has 6 aromatic rings. The molecule has 10 nitrogen and oxygen atoms in total. The number of fused-ring (bicyclic) bond motifs is 2. The van der Waals surface area contributed by atoms with Gasteiger partial charge in [-0.25, -0.2) is 26.8 Å². The Morgan fingerprint density at radius 1 is 0.674 bits per heavy atom. The van der Waals surface area contributed by atoms with Gasteiger partial charge in [0.05, 0.1) is 25.7 Å². The van der Waals surface area contributed by atoms with Crippen molar-refractivity contribution >= 4 is 41.7 Å².